The standard InChI is InChI=1S/C13H7F6NO2S/c14-8-5-6-10(12(16)11(8)15)23(21,22)20-9-4-2-1-3-7(9)13(17,18)19/h1-6,20H. The van der Waals surface area contributed by atoms with E-state index >= 15 is 0 Å². The number of nitrogens with one attached hydrogen (secondary N) is 1. The first-order chi connectivity index (χ1) is 10.5. The third-order valence-corrected chi connectivity index (χ3v) is 4.15. The molecule has 0 saturated heterocycles. The summed E-state index contributed by atoms with van der Waals surface area (Å²) in [5, 5.41) is 0. The van der Waals surface area contributed by atoms with E-state index in [1.165, 1.54) is 4.72 Å². The Morgan fingerprint density at radius 2 is 1.48 bits per heavy atom. The van der Waals surface area contributed by atoms with Gasteiger partial charge in [0.15, 0.2) is 17.5 Å². The SMILES string of the molecule is O=S(=O)(Nc1ccccc1C(F)(F)F)c1ccc(F)c(F)c1F. The molecule has 2 aromatic carbocycles. The van der Waals surface area contributed by atoms with Gasteiger partial charge in [-0.1, -0.05) is 12.1 Å². The summed E-state index contributed by atoms with van der Waals surface area (Å²) in [6, 6.07) is 4.32. The van der Waals surface area contributed by atoms with Crippen LogP contribution >= 0.6 is 0 Å². The average molecular weight is 355 g/mol. The van der Waals surface area contributed by atoms with Crippen LogP contribution in [-0.2, 0) is 16.2 Å². The van der Waals surface area contributed by atoms with Gasteiger partial charge in [-0.3, -0.25) is 4.72 Å². The predicted molar refractivity (Wildman–Crippen MR) is 68.6 cm³/mol. The number of hydrogen-bond acceptors (Lipinski definition) is 2. The molecule has 0 fully saturated rings. The summed E-state index contributed by atoms with van der Waals surface area (Å²) >= 11 is 0. The predicted octanol–water partition coefficient (Wildman–Crippen LogP) is 3.92. The van der Waals surface area contributed by atoms with Crippen molar-refractivity contribution in [1.82, 2.24) is 0 Å². The number of anilines is 1. The third-order valence-electron chi connectivity index (χ3n) is 2.77. The number of benzene rings is 2. The summed E-state index contributed by atoms with van der Waals surface area (Å²) in [7, 11) is -4.90. The first kappa shape index (κ1) is 17.1. The second-order valence-electron chi connectivity index (χ2n) is 4.32. The van der Waals surface area contributed by atoms with E-state index in [9.17, 15) is 34.8 Å². The van der Waals surface area contributed by atoms with Crippen molar-refractivity contribution in [2.45, 2.75) is 11.1 Å². The summed E-state index contributed by atoms with van der Waals surface area (Å²) < 4.78 is 103. The lowest BCUT2D eigenvalue weighted by molar-refractivity contribution is -0.136. The molecule has 0 aliphatic carbocycles. The summed E-state index contributed by atoms with van der Waals surface area (Å²) in [6.07, 6.45) is -4.87. The molecule has 0 aliphatic rings. The fourth-order valence-electron chi connectivity index (χ4n) is 1.73. The largest absolute Gasteiger partial charge is 0.418 e. The summed E-state index contributed by atoms with van der Waals surface area (Å²) in [5.74, 6) is -5.70. The van der Waals surface area contributed by atoms with Gasteiger partial charge in [0.1, 0.15) is 4.90 Å². The van der Waals surface area contributed by atoms with Gasteiger partial charge >= 0.3 is 6.18 Å². The smallest absolute Gasteiger partial charge is 0.279 e. The zero-order valence-electron chi connectivity index (χ0n) is 11.0. The van der Waals surface area contributed by atoms with E-state index in [4.69, 9.17) is 0 Å². The van der Waals surface area contributed by atoms with Crippen molar-refractivity contribution in [1.29, 1.82) is 0 Å². The Morgan fingerprint density at radius 1 is 0.870 bits per heavy atom. The lowest BCUT2D eigenvalue weighted by Gasteiger charge is -2.15. The highest BCUT2D eigenvalue weighted by molar-refractivity contribution is 7.92. The Balaban J connectivity index is 2.51. The van der Waals surface area contributed by atoms with E-state index in [-0.39, 0.29) is 0 Å². The van der Waals surface area contributed by atoms with Crippen molar-refractivity contribution < 1.29 is 34.8 Å². The summed E-state index contributed by atoms with van der Waals surface area (Å²) in [6.45, 7) is 0. The van der Waals surface area contributed by atoms with E-state index in [0.29, 0.717) is 18.2 Å². The Labute approximate surface area is 126 Å². The minimum Gasteiger partial charge on any atom is -0.279 e. The van der Waals surface area contributed by atoms with Crippen LogP contribution in [0.1, 0.15) is 5.56 Å². The van der Waals surface area contributed by atoms with E-state index < -0.39 is 49.8 Å². The molecule has 2 aromatic rings. The van der Waals surface area contributed by atoms with Gasteiger partial charge in [0, 0.05) is 0 Å². The second-order valence-corrected chi connectivity index (χ2v) is 5.97. The van der Waals surface area contributed by atoms with Crippen LogP contribution in [0.3, 0.4) is 0 Å². The molecule has 0 radical (unpaired) electrons. The van der Waals surface area contributed by atoms with E-state index in [0.717, 1.165) is 18.2 Å². The Bertz CT molecular complexity index is 848. The van der Waals surface area contributed by atoms with Gasteiger partial charge in [-0.15, -0.1) is 0 Å². The van der Waals surface area contributed by atoms with Gasteiger partial charge in [-0.2, -0.15) is 13.2 Å². The highest BCUT2D eigenvalue weighted by Crippen LogP contribution is 2.35. The molecule has 0 aromatic heterocycles. The number of alkyl halides is 3. The van der Waals surface area contributed by atoms with Gasteiger partial charge in [0.25, 0.3) is 10.0 Å². The molecule has 0 bridgehead atoms. The van der Waals surface area contributed by atoms with Crippen LogP contribution in [0.2, 0.25) is 0 Å². The molecule has 124 valence electrons. The van der Waals surface area contributed by atoms with Crippen molar-refractivity contribution in [2.75, 3.05) is 4.72 Å². The minimum atomic E-state index is -4.90. The molecule has 10 heteroatoms. The molecule has 0 amide bonds. The molecule has 0 saturated carbocycles. The van der Waals surface area contributed by atoms with Crippen LogP contribution in [-0.4, -0.2) is 8.42 Å². The number of para-hydroxylation sites is 1. The molecule has 0 aliphatic heterocycles. The van der Waals surface area contributed by atoms with Gasteiger partial charge in [0.2, 0.25) is 0 Å². The minimum absolute atomic E-state index is 0.350. The van der Waals surface area contributed by atoms with Crippen LogP contribution in [0, 0.1) is 17.5 Å². The third kappa shape index (κ3) is 3.41. The Morgan fingerprint density at radius 3 is 2.09 bits per heavy atom. The van der Waals surface area contributed by atoms with Crippen molar-refractivity contribution >= 4 is 15.7 Å². The fraction of sp³-hybridized carbons (Fsp3) is 0.0769. The molecule has 3 nitrogen and oxygen atoms in total. The van der Waals surface area contributed by atoms with Crippen molar-refractivity contribution in [3.05, 3.63) is 59.4 Å². The molecular formula is C13H7F6NO2S. The molecule has 0 heterocycles. The normalized spacial score (nSPS) is 12.3. The zero-order chi connectivity index (χ0) is 17.4. The fourth-order valence-corrected chi connectivity index (χ4v) is 2.88. The lowest BCUT2D eigenvalue weighted by atomic mass is 10.2. The van der Waals surface area contributed by atoms with Crippen LogP contribution in [0.5, 0.6) is 0 Å². The van der Waals surface area contributed by atoms with Crippen molar-refractivity contribution in [3.63, 3.8) is 0 Å². The van der Waals surface area contributed by atoms with Crippen LogP contribution < -0.4 is 4.72 Å². The van der Waals surface area contributed by atoms with Crippen LogP contribution in [0.4, 0.5) is 32.0 Å². The van der Waals surface area contributed by atoms with Crippen LogP contribution in [0.15, 0.2) is 41.3 Å². The first-order valence-corrected chi connectivity index (χ1v) is 7.35. The number of sulfonamides is 1. The number of rotatable bonds is 3. The summed E-state index contributed by atoms with van der Waals surface area (Å²) in [4.78, 5) is -1.31. The lowest BCUT2D eigenvalue weighted by Crippen LogP contribution is -2.19. The van der Waals surface area contributed by atoms with Crippen molar-refractivity contribution in [3.8, 4) is 0 Å². The number of hydrogen-bond donors (Lipinski definition) is 1. The Kier molecular flexibility index (Phi) is 4.29. The second kappa shape index (κ2) is 5.76. The first-order valence-electron chi connectivity index (χ1n) is 5.86. The maximum Gasteiger partial charge on any atom is 0.418 e. The maximum atomic E-state index is 13.5. The van der Waals surface area contributed by atoms with Crippen molar-refractivity contribution in [2.24, 2.45) is 0 Å². The average Bonchev–Trinajstić information content (AvgIpc) is 2.43. The van der Waals surface area contributed by atoms with Gasteiger partial charge in [-0.05, 0) is 24.3 Å². The highest BCUT2D eigenvalue weighted by atomic mass is 32.2. The van der Waals surface area contributed by atoms with E-state index in [1.54, 1.807) is 0 Å². The molecule has 23 heavy (non-hydrogen) atoms. The Hall–Kier alpha value is -2.23. The molecule has 0 unspecified atom stereocenters. The molecular weight excluding hydrogens is 348 g/mol. The summed E-state index contributed by atoms with van der Waals surface area (Å²) in [5.41, 5.74) is -2.18. The monoisotopic (exact) mass is 355 g/mol. The molecule has 0 atom stereocenters. The molecule has 2 rings (SSSR count). The van der Waals surface area contributed by atoms with E-state index in [2.05, 4.69) is 0 Å². The maximum absolute atomic E-state index is 13.5. The van der Waals surface area contributed by atoms with Crippen LogP contribution in [0.25, 0.3) is 0 Å². The quantitative estimate of drug-likeness (QED) is 0.670. The topological polar surface area (TPSA) is 46.2 Å². The number of halogens is 6. The molecule has 0 spiro atoms. The van der Waals surface area contributed by atoms with Gasteiger partial charge < -0.3 is 0 Å². The molecule has 1 N–H and O–H groups in total. The highest BCUT2D eigenvalue weighted by Gasteiger charge is 2.35. The van der Waals surface area contributed by atoms with E-state index in [1.807, 2.05) is 0 Å². The van der Waals surface area contributed by atoms with Gasteiger partial charge in [-0.25, -0.2) is 21.6 Å². The zero-order valence-corrected chi connectivity index (χ0v) is 11.8. The van der Waals surface area contributed by atoms with Gasteiger partial charge in [0.05, 0.1) is 11.3 Å².